The molecule has 0 aliphatic carbocycles. The lowest BCUT2D eigenvalue weighted by molar-refractivity contribution is 0.602. The van der Waals surface area contributed by atoms with Crippen molar-refractivity contribution in [2.24, 2.45) is 0 Å². The van der Waals surface area contributed by atoms with Gasteiger partial charge in [-0.1, -0.05) is 62.6 Å². The highest BCUT2D eigenvalue weighted by Gasteiger charge is 2.17. The highest BCUT2D eigenvalue weighted by molar-refractivity contribution is 6.10. The van der Waals surface area contributed by atoms with Crippen molar-refractivity contribution in [3.05, 3.63) is 158 Å². The van der Waals surface area contributed by atoms with Crippen LogP contribution in [0.5, 0.6) is 0 Å². The van der Waals surface area contributed by atoms with Crippen LogP contribution < -0.4 is 0 Å². The molecule has 0 bridgehead atoms. The van der Waals surface area contributed by atoms with Crippen LogP contribution in [0, 0.1) is 0 Å². The fourth-order valence-corrected chi connectivity index (χ4v) is 7.38. The predicted octanol–water partition coefficient (Wildman–Crippen LogP) is 11.7. The summed E-state index contributed by atoms with van der Waals surface area (Å²) in [5.41, 5.74) is 13.3. The third-order valence-electron chi connectivity index (χ3n) is 10.1. The third-order valence-corrected chi connectivity index (χ3v) is 10.1. The zero-order valence-corrected chi connectivity index (χ0v) is 30.7. The summed E-state index contributed by atoms with van der Waals surface area (Å²) in [6, 6.07) is 46.0. The molecule has 0 saturated carbocycles. The van der Waals surface area contributed by atoms with Gasteiger partial charge < -0.3 is 4.57 Å². The van der Waals surface area contributed by atoms with Gasteiger partial charge in [0, 0.05) is 53.1 Å². The number of hydrogen-bond donors (Lipinski definition) is 0. The Morgan fingerprint density at radius 1 is 0.382 bits per heavy atom. The van der Waals surface area contributed by atoms with Crippen LogP contribution in [-0.2, 0) is 6.54 Å². The molecule has 266 valence electrons. The van der Waals surface area contributed by atoms with E-state index in [0.717, 1.165) is 80.8 Å². The molecule has 9 aromatic rings. The van der Waals surface area contributed by atoms with Gasteiger partial charge in [0.25, 0.3) is 0 Å². The van der Waals surface area contributed by atoms with Crippen molar-refractivity contribution in [2.45, 2.75) is 39.2 Å². The van der Waals surface area contributed by atoms with Gasteiger partial charge in [0.1, 0.15) is 0 Å². The zero-order chi connectivity index (χ0) is 37.0. The van der Waals surface area contributed by atoms with Crippen molar-refractivity contribution >= 4 is 21.8 Å². The van der Waals surface area contributed by atoms with Crippen LogP contribution in [0.4, 0.5) is 0 Å². The van der Waals surface area contributed by atoms with Gasteiger partial charge in [0.05, 0.1) is 45.6 Å². The van der Waals surface area contributed by atoms with E-state index in [4.69, 9.17) is 9.97 Å². The summed E-state index contributed by atoms with van der Waals surface area (Å²) in [6.45, 7) is 3.23. The van der Waals surface area contributed by atoms with Gasteiger partial charge in [-0.3, -0.25) is 19.9 Å². The summed E-state index contributed by atoms with van der Waals surface area (Å²) in [4.78, 5) is 28.6. The fraction of sp³-hybridized carbons (Fsp3) is 0.125. The molecule has 0 amide bonds. The SMILES string of the molecule is CCCCCCn1c2ccc(-c3cc(-c4ccccn4)nc(-c4ccccn4)c3)cc2c2cc(-c3cc(-c4ccccn4)nc(-c4ccccn4)c3)ccc21. The molecule has 0 aliphatic rings. The Labute approximate surface area is 320 Å². The van der Waals surface area contributed by atoms with Gasteiger partial charge in [-0.2, -0.15) is 0 Å². The van der Waals surface area contributed by atoms with Crippen LogP contribution in [0.1, 0.15) is 32.6 Å². The average molecular weight is 714 g/mol. The minimum absolute atomic E-state index is 0.810. The number of fused-ring (bicyclic) bond motifs is 3. The van der Waals surface area contributed by atoms with E-state index in [1.165, 1.54) is 41.1 Å². The highest BCUT2D eigenvalue weighted by Crippen LogP contribution is 2.38. The molecule has 0 saturated heterocycles. The van der Waals surface area contributed by atoms with E-state index in [1.807, 2.05) is 97.6 Å². The van der Waals surface area contributed by atoms with Crippen molar-refractivity contribution in [1.29, 1.82) is 0 Å². The zero-order valence-electron chi connectivity index (χ0n) is 30.7. The largest absolute Gasteiger partial charge is 0.340 e. The number of hydrogen-bond acceptors (Lipinski definition) is 6. The minimum atomic E-state index is 0.810. The first kappa shape index (κ1) is 33.9. The third kappa shape index (κ3) is 7.00. The summed E-state index contributed by atoms with van der Waals surface area (Å²) < 4.78 is 2.50. The lowest BCUT2D eigenvalue weighted by Crippen LogP contribution is -1.98. The fourth-order valence-electron chi connectivity index (χ4n) is 7.38. The Hall–Kier alpha value is -6.86. The first-order valence-corrected chi connectivity index (χ1v) is 19.0. The van der Waals surface area contributed by atoms with Crippen molar-refractivity contribution in [1.82, 2.24) is 34.5 Å². The Bertz CT molecular complexity index is 2430. The second kappa shape index (κ2) is 15.2. The van der Waals surface area contributed by atoms with E-state index in [-0.39, 0.29) is 0 Å². The van der Waals surface area contributed by atoms with E-state index in [2.05, 4.69) is 92.1 Å². The number of rotatable bonds is 11. The lowest BCUT2D eigenvalue weighted by Gasteiger charge is -2.11. The molecular weight excluding hydrogens is 675 g/mol. The van der Waals surface area contributed by atoms with E-state index >= 15 is 0 Å². The van der Waals surface area contributed by atoms with Crippen LogP contribution in [0.2, 0.25) is 0 Å². The molecule has 55 heavy (non-hydrogen) atoms. The van der Waals surface area contributed by atoms with E-state index in [9.17, 15) is 0 Å². The molecule has 2 aromatic carbocycles. The van der Waals surface area contributed by atoms with Crippen molar-refractivity contribution in [3.8, 4) is 67.8 Å². The maximum absolute atomic E-state index is 5.02. The predicted molar refractivity (Wildman–Crippen MR) is 223 cm³/mol. The number of benzene rings is 2. The van der Waals surface area contributed by atoms with E-state index in [1.54, 1.807) is 0 Å². The van der Waals surface area contributed by atoms with E-state index < -0.39 is 0 Å². The van der Waals surface area contributed by atoms with Crippen molar-refractivity contribution in [3.63, 3.8) is 0 Å². The molecule has 0 unspecified atom stereocenters. The first-order chi connectivity index (χ1) is 27.2. The van der Waals surface area contributed by atoms with Crippen LogP contribution in [-0.4, -0.2) is 34.5 Å². The second-order valence-corrected chi connectivity index (χ2v) is 13.8. The van der Waals surface area contributed by atoms with Crippen molar-refractivity contribution in [2.75, 3.05) is 0 Å². The smallest absolute Gasteiger partial charge is 0.0900 e. The number of aromatic nitrogens is 7. The normalized spacial score (nSPS) is 11.4. The molecule has 7 heteroatoms. The number of aryl methyl sites for hydroxylation is 1. The Morgan fingerprint density at radius 2 is 0.782 bits per heavy atom. The van der Waals surface area contributed by atoms with E-state index in [0.29, 0.717) is 0 Å². The summed E-state index contributed by atoms with van der Waals surface area (Å²) >= 11 is 0. The highest BCUT2D eigenvalue weighted by atomic mass is 15.0. The van der Waals surface area contributed by atoms with Gasteiger partial charge in [-0.05, 0) is 126 Å². The molecular formula is C48H39N7. The molecule has 7 aromatic heterocycles. The van der Waals surface area contributed by atoms with Gasteiger partial charge in [-0.25, -0.2) is 9.97 Å². The molecule has 9 rings (SSSR count). The summed E-state index contributed by atoms with van der Waals surface area (Å²) in [6.07, 6.45) is 12.0. The standard InChI is InChI=1S/C48H39N7/c1-2-3-4-13-26-55-47-20-18-33(35-29-43(39-14-5-9-22-49-39)53-44(30-35)40-15-6-10-23-50-40)27-37(47)38-28-34(19-21-48(38)55)36-31-45(41-16-7-11-24-51-41)54-46(32-36)42-17-8-12-25-52-42/h5-12,14-25,27-32H,2-4,13,26H2,1H3. The van der Waals surface area contributed by atoms with Gasteiger partial charge >= 0.3 is 0 Å². The number of nitrogens with zero attached hydrogens (tertiary/aromatic N) is 7. The van der Waals surface area contributed by atoms with Crippen LogP contribution in [0.25, 0.3) is 89.6 Å². The molecule has 0 atom stereocenters. The summed E-state index contributed by atoms with van der Waals surface area (Å²) in [5.74, 6) is 0. The minimum Gasteiger partial charge on any atom is -0.340 e. The molecule has 0 aliphatic heterocycles. The average Bonchev–Trinajstić information content (AvgIpc) is 3.58. The molecule has 0 radical (unpaired) electrons. The van der Waals surface area contributed by atoms with Crippen LogP contribution in [0.15, 0.2) is 158 Å². The molecule has 7 nitrogen and oxygen atoms in total. The summed E-state index contributed by atoms with van der Waals surface area (Å²) in [7, 11) is 0. The second-order valence-electron chi connectivity index (χ2n) is 13.8. The van der Waals surface area contributed by atoms with Crippen LogP contribution in [0.3, 0.4) is 0 Å². The molecule has 7 heterocycles. The molecule has 0 N–H and O–H groups in total. The topological polar surface area (TPSA) is 82.3 Å². The Kier molecular flexibility index (Phi) is 9.41. The molecule has 0 spiro atoms. The maximum Gasteiger partial charge on any atom is 0.0900 e. The van der Waals surface area contributed by atoms with Gasteiger partial charge in [0.2, 0.25) is 0 Å². The quantitative estimate of drug-likeness (QED) is 0.124. The number of unbranched alkanes of at least 4 members (excludes halogenated alkanes) is 3. The van der Waals surface area contributed by atoms with Crippen molar-refractivity contribution < 1.29 is 0 Å². The van der Waals surface area contributed by atoms with Crippen LogP contribution >= 0.6 is 0 Å². The number of pyridine rings is 6. The Balaban J connectivity index is 1.22. The maximum atomic E-state index is 5.02. The molecule has 0 fully saturated rings. The lowest BCUT2D eigenvalue weighted by atomic mass is 9.98. The Morgan fingerprint density at radius 3 is 1.13 bits per heavy atom. The monoisotopic (exact) mass is 713 g/mol. The van der Waals surface area contributed by atoms with Gasteiger partial charge in [0.15, 0.2) is 0 Å². The summed E-state index contributed by atoms with van der Waals surface area (Å²) in [5, 5.41) is 2.42. The van der Waals surface area contributed by atoms with Gasteiger partial charge in [-0.15, -0.1) is 0 Å². The first-order valence-electron chi connectivity index (χ1n) is 19.0.